The largest absolute Gasteiger partial charge is 0.321 e. The van der Waals surface area contributed by atoms with Gasteiger partial charge in [-0.05, 0) is 32.0 Å². The number of hydrogen-bond acceptors (Lipinski definition) is 2. The molecule has 5 heteroatoms. The molecule has 1 aliphatic heterocycles. The Labute approximate surface area is 112 Å². The molecule has 0 bridgehead atoms. The first-order valence-corrected chi connectivity index (χ1v) is 6.41. The predicted octanol–water partition coefficient (Wildman–Crippen LogP) is 2.56. The molecule has 1 fully saturated rings. The zero-order chi connectivity index (χ0) is 13.2. The molecule has 0 saturated carbocycles. The van der Waals surface area contributed by atoms with Gasteiger partial charge in [0.2, 0.25) is 0 Å². The van der Waals surface area contributed by atoms with Crippen molar-refractivity contribution >= 4 is 23.3 Å². The molecular formula is C13H18ClN3O. The van der Waals surface area contributed by atoms with E-state index in [4.69, 9.17) is 11.6 Å². The summed E-state index contributed by atoms with van der Waals surface area (Å²) in [5.74, 6) is 0. The van der Waals surface area contributed by atoms with Gasteiger partial charge in [-0.3, -0.25) is 0 Å². The van der Waals surface area contributed by atoms with Crippen molar-refractivity contribution in [2.24, 2.45) is 0 Å². The molecule has 2 rings (SSSR count). The van der Waals surface area contributed by atoms with Crippen LogP contribution in [0.3, 0.4) is 0 Å². The molecule has 2 N–H and O–H groups in total. The lowest BCUT2D eigenvalue weighted by Crippen LogP contribution is -2.59. The van der Waals surface area contributed by atoms with E-state index in [9.17, 15) is 4.79 Å². The fraction of sp³-hybridized carbons (Fsp3) is 0.462. The second-order valence-electron chi connectivity index (χ2n) is 5.17. The summed E-state index contributed by atoms with van der Waals surface area (Å²) in [6.45, 7) is 6.41. The summed E-state index contributed by atoms with van der Waals surface area (Å²) in [5, 5.41) is 6.86. The van der Waals surface area contributed by atoms with E-state index in [2.05, 4.69) is 24.5 Å². The number of urea groups is 1. The van der Waals surface area contributed by atoms with Gasteiger partial charge in [-0.15, -0.1) is 0 Å². The minimum Gasteiger partial charge on any atom is -0.321 e. The monoisotopic (exact) mass is 267 g/mol. The van der Waals surface area contributed by atoms with Crippen molar-refractivity contribution in [3.05, 3.63) is 29.3 Å². The van der Waals surface area contributed by atoms with Crippen LogP contribution in [0, 0.1) is 0 Å². The minimum atomic E-state index is -0.0770. The topological polar surface area (TPSA) is 44.4 Å². The molecule has 1 aliphatic rings. The van der Waals surface area contributed by atoms with Crippen LogP contribution < -0.4 is 10.6 Å². The highest BCUT2D eigenvalue weighted by molar-refractivity contribution is 6.30. The van der Waals surface area contributed by atoms with Crippen LogP contribution in [0.15, 0.2) is 24.3 Å². The summed E-state index contributed by atoms with van der Waals surface area (Å²) in [6, 6.07) is 7.10. The van der Waals surface area contributed by atoms with Crippen molar-refractivity contribution in [2.75, 3.05) is 25.0 Å². The summed E-state index contributed by atoms with van der Waals surface area (Å²) in [6.07, 6.45) is 0. The minimum absolute atomic E-state index is 0.0378. The summed E-state index contributed by atoms with van der Waals surface area (Å²) < 4.78 is 0. The average molecular weight is 268 g/mol. The molecule has 1 aromatic carbocycles. The second kappa shape index (κ2) is 5.16. The molecular weight excluding hydrogens is 250 g/mol. The number of hydrogen-bond donors (Lipinski definition) is 2. The number of anilines is 1. The summed E-state index contributed by atoms with van der Waals surface area (Å²) in [7, 11) is 0. The average Bonchev–Trinajstić information content (AvgIpc) is 2.27. The number of halogens is 1. The molecule has 0 aliphatic carbocycles. The van der Waals surface area contributed by atoms with Crippen molar-refractivity contribution in [3.63, 3.8) is 0 Å². The number of carbonyl (C=O) groups excluding carboxylic acids is 1. The zero-order valence-corrected chi connectivity index (χ0v) is 11.4. The third kappa shape index (κ3) is 3.37. The molecule has 0 atom stereocenters. The molecule has 0 aromatic heterocycles. The van der Waals surface area contributed by atoms with E-state index < -0.39 is 0 Å². The Kier molecular flexibility index (Phi) is 3.78. The van der Waals surface area contributed by atoms with E-state index in [1.807, 2.05) is 17.0 Å². The third-order valence-corrected chi connectivity index (χ3v) is 3.17. The molecule has 1 heterocycles. The van der Waals surface area contributed by atoms with Gasteiger partial charge in [-0.25, -0.2) is 4.79 Å². The van der Waals surface area contributed by atoms with Crippen LogP contribution in [0.1, 0.15) is 13.8 Å². The van der Waals surface area contributed by atoms with E-state index in [1.165, 1.54) is 0 Å². The van der Waals surface area contributed by atoms with Gasteiger partial charge in [0, 0.05) is 35.9 Å². The van der Waals surface area contributed by atoms with Crippen molar-refractivity contribution in [1.82, 2.24) is 10.2 Å². The Morgan fingerprint density at radius 1 is 1.50 bits per heavy atom. The first-order valence-electron chi connectivity index (χ1n) is 6.03. The molecule has 18 heavy (non-hydrogen) atoms. The van der Waals surface area contributed by atoms with Crippen LogP contribution in [0.2, 0.25) is 5.02 Å². The van der Waals surface area contributed by atoms with Gasteiger partial charge < -0.3 is 15.5 Å². The third-order valence-electron chi connectivity index (χ3n) is 2.93. The van der Waals surface area contributed by atoms with E-state index in [1.54, 1.807) is 12.1 Å². The highest BCUT2D eigenvalue weighted by atomic mass is 35.5. The van der Waals surface area contributed by atoms with Crippen LogP contribution in [-0.2, 0) is 0 Å². The lowest BCUT2D eigenvalue weighted by Gasteiger charge is -2.39. The highest BCUT2D eigenvalue weighted by Crippen LogP contribution is 2.16. The molecule has 1 aromatic rings. The molecule has 4 nitrogen and oxygen atoms in total. The van der Waals surface area contributed by atoms with Gasteiger partial charge in [0.1, 0.15) is 0 Å². The Hall–Kier alpha value is -1.26. The van der Waals surface area contributed by atoms with Gasteiger partial charge >= 0.3 is 6.03 Å². The van der Waals surface area contributed by atoms with Crippen LogP contribution >= 0.6 is 11.6 Å². The zero-order valence-electron chi connectivity index (χ0n) is 10.7. The maximum absolute atomic E-state index is 12.1. The molecule has 0 spiro atoms. The molecule has 2 amide bonds. The number of piperazine rings is 1. The normalized spacial score (nSPS) is 18.5. The summed E-state index contributed by atoms with van der Waals surface area (Å²) in [4.78, 5) is 13.9. The second-order valence-corrected chi connectivity index (χ2v) is 5.61. The predicted molar refractivity (Wildman–Crippen MR) is 74.1 cm³/mol. The van der Waals surface area contributed by atoms with Gasteiger partial charge in [-0.1, -0.05) is 17.7 Å². The molecule has 0 radical (unpaired) electrons. The summed E-state index contributed by atoms with van der Waals surface area (Å²) in [5.41, 5.74) is 0.688. The smallest absolute Gasteiger partial charge is 0.321 e. The van der Waals surface area contributed by atoms with Crippen molar-refractivity contribution in [1.29, 1.82) is 0 Å². The number of amides is 2. The maximum Gasteiger partial charge on any atom is 0.321 e. The van der Waals surface area contributed by atoms with E-state index in [-0.39, 0.29) is 11.6 Å². The van der Waals surface area contributed by atoms with Gasteiger partial charge in [0.05, 0.1) is 0 Å². The van der Waals surface area contributed by atoms with Gasteiger partial charge in [0.15, 0.2) is 0 Å². The van der Waals surface area contributed by atoms with Crippen LogP contribution in [0.25, 0.3) is 0 Å². The lowest BCUT2D eigenvalue weighted by molar-refractivity contribution is 0.165. The Bertz CT molecular complexity index is 448. The Balaban J connectivity index is 2.00. The standard InChI is InChI=1S/C13H18ClN3O/c1-13(2)9-17(7-6-15-13)12(18)16-11-5-3-4-10(14)8-11/h3-5,8,15H,6-7,9H2,1-2H3,(H,16,18). The fourth-order valence-corrected chi connectivity index (χ4v) is 2.27. The van der Waals surface area contributed by atoms with Crippen molar-refractivity contribution in [3.8, 4) is 0 Å². The summed E-state index contributed by atoms with van der Waals surface area (Å²) >= 11 is 5.88. The van der Waals surface area contributed by atoms with Gasteiger partial charge in [0.25, 0.3) is 0 Å². The lowest BCUT2D eigenvalue weighted by atomic mass is 10.0. The molecule has 0 unspecified atom stereocenters. The van der Waals surface area contributed by atoms with E-state index >= 15 is 0 Å². The first-order chi connectivity index (χ1) is 8.46. The van der Waals surface area contributed by atoms with Crippen LogP contribution in [0.4, 0.5) is 10.5 Å². The number of carbonyl (C=O) groups is 1. The first kappa shape index (κ1) is 13.2. The quantitative estimate of drug-likeness (QED) is 0.821. The Morgan fingerprint density at radius 3 is 2.94 bits per heavy atom. The number of benzene rings is 1. The van der Waals surface area contributed by atoms with Crippen molar-refractivity contribution in [2.45, 2.75) is 19.4 Å². The van der Waals surface area contributed by atoms with Crippen molar-refractivity contribution < 1.29 is 4.79 Å². The SMILES string of the molecule is CC1(C)CN(C(=O)Nc2cccc(Cl)c2)CCN1. The number of nitrogens with zero attached hydrogens (tertiary/aromatic N) is 1. The maximum atomic E-state index is 12.1. The highest BCUT2D eigenvalue weighted by Gasteiger charge is 2.28. The Morgan fingerprint density at radius 2 is 2.28 bits per heavy atom. The number of rotatable bonds is 1. The fourth-order valence-electron chi connectivity index (χ4n) is 2.08. The van der Waals surface area contributed by atoms with E-state index in [0.717, 1.165) is 18.8 Å². The number of nitrogens with one attached hydrogen (secondary N) is 2. The van der Waals surface area contributed by atoms with Gasteiger partial charge in [-0.2, -0.15) is 0 Å². The molecule has 98 valence electrons. The van der Waals surface area contributed by atoms with Crippen LogP contribution in [-0.4, -0.2) is 36.1 Å². The van der Waals surface area contributed by atoms with E-state index in [0.29, 0.717) is 11.6 Å². The van der Waals surface area contributed by atoms with Crippen LogP contribution in [0.5, 0.6) is 0 Å². The molecule has 1 saturated heterocycles.